The number of anilines is 1. The van der Waals surface area contributed by atoms with Crippen LogP contribution in [0.2, 0.25) is 0 Å². The van der Waals surface area contributed by atoms with Crippen molar-refractivity contribution >= 4 is 23.4 Å². The van der Waals surface area contributed by atoms with Crippen molar-refractivity contribution in [1.82, 2.24) is 10.6 Å². The summed E-state index contributed by atoms with van der Waals surface area (Å²) in [5, 5.41) is 8.15. The molecule has 1 aliphatic heterocycles. The van der Waals surface area contributed by atoms with Gasteiger partial charge in [0.2, 0.25) is 11.8 Å². The number of para-hydroxylation sites is 1. The molecule has 0 unspecified atom stereocenters. The van der Waals surface area contributed by atoms with E-state index in [1.54, 1.807) is 31.4 Å². The molecule has 0 fully saturated rings. The summed E-state index contributed by atoms with van der Waals surface area (Å²) in [5.74, 6) is -0.823. The summed E-state index contributed by atoms with van der Waals surface area (Å²) in [6.45, 7) is 2.25. The van der Waals surface area contributed by atoms with E-state index in [9.17, 15) is 14.4 Å². The first-order valence-electron chi connectivity index (χ1n) is 7.50. The van der Waals surface area contributed by atoms with Gasteiger partial charge in [-0.15, -0.1) is 0 Å². The number of rotatable bonds is 6. The van der Waals surface area contributed by atoms with Crippen LogP contribution in [0.25, 0.3) is 0 Å². The average Bonchev–Trinajstić information content (AvgIpc) is 2.62. The van der Waals surface area contributed by atoms with E-state index in [1.807, 2.05) is 6.92 Å². The monoisotopic (exact) mass is 319 g/mol. The molecule has 0 bridgehead atoms. The molecule has 1 aromatic carbocycles. The highest BCUT2D eigenvalue weighted by Gasteiger charge is 2.27. The highest BCUT2D eigenvalue weighted by molar-refractivity contribution is 6.09. The SMILES string of the molecule is COC[C@@H](C)NC(=O)CC[C@H]1NC(=O)c2ccccc2NC1=O. The summed E-state index contributed by atoms with van der Waals surface area (Å²) in [4.78, 5) is 36.2. The number of methoxy groups -OCH3 is 1. The van der Waals surface area contributed by atoms with Crippen LogP contribution in [0.3, 0.4) is 0 Å². The molecule has 7 heteroatoms. The number of carbonyl (C=O) groups excluding carboxylic acids is 3. The van der Waals surface area contributed by atoms with Crippen LogP contribution in [0.15, 0.2) is 24.3 Å². The standard InChI is InChI=1S/C16H21N3O4/c1-10(9-23-2)17-14(20)8-7-13-16(22)18-12-6-4-3-5-11(12)15(21)19-13/h3-6,10,13H,7-9H2,1-2H3,(H,17,20)(H,18,22)(H,19,21)/t10-,13-/m1/s1. The van der Waals surface area contributed by atoms with E-state index in [1.165, 1.54) is 0 Å². The molecular weight excluding hydrogens is 298 g/mol. The molecular formula is C16H21N3O4. The zero-order valence-corrected chi connectivity index (χ0v) is 13.2. The third kappa shape index (κ3) is 4.53. The quantitative estimate of drug-likeness (QED) is 0.718. The molecule has 1 aromatic rings. The first-order chi connectivity index (χ1) is 11.0. The van der Waals surface area contributed by atoms with E-state index < -0.39 is 6.04 Å². The number of amides is 3. The first-order valence-corrected chi connectivity index (χ1v) is 7.50. The largest absolute Gasteiger partial charge is 0.383 e. The zero-order chi connectivity index (χ0) is 16.8. The lowest BCUT2D eigenvalue weighted by Gasteiger charge is -2.16. The summed E-state index contributed by atoms with van der Waals surface area (Å²) >= 11 is 0. The summed E-state index contributed by atoms with van der Waals surface area (Å²) < 4.78 is 4.95. The molecule has 0 aliphatic carbocycles. The van der Waals surface area contributed by atoms with E-state index in [-0.39, 0.29) is 36.6 Å². The Hall–Kier alpha value is -2.41. The minimum Gasteiger partial charge on any atom is -0.383 e. The van der Waals surface area contributed by atoms with Gasteiger partial charge in [0.15, 0.2) is 0 Å². The Bertz CT molecular complexity index is 603. The van der Waals surface area contributed by atoms with Gasteiger partial charge in [0.25, 0.3) is 5.91 Å². The fourth-order valence-corrected chi connectivity index (χ4v) is 2.43. The lowest BCUT2D eigenvalue weighted by Crippen LogP contribution is -2.42. The molecule has 1 heterocycles. The number of ether oxygens (including phenoxy) is 1. The van der Waals surface area contributed by atoms with Crippen molar-refractivity contribution in [2.24, 2.45) is 0 Å². The molecule has 0 aromatic heterocycles. The topological polar surface area (TPSA) is 96.5 Å². The predicted molar refractivity (Wildman–Crippen MR) is 85.0 cm³/mol. The Kier molecular flexibility index (Phi) is 5.70. The minimum atomic E-state index is -0.738. The molecule has 0 saturated carbocycles. The van der Waals surface area contributed by atoms with Gasteiger partial charge in [-0.2, -0.15) is 0 Å². The lowest BCUT2D eigenvalue weighted by atomic mass is 10.1. The van der Waals surface area contributed by atoms with Gasteiger partial charge in [0.1, 0.15) is 6.04 Å². The van der Waals surface area contributed by atoms with E-state index in [0.717, 1.165) is 0 Å². The van der Waals surface area contributed by atoms with Crippen LogP contribution in [-0.2, 0) is 14.3 Å². The molecule has 7 nitrogen and oxygen atoms in total. The van der Waals surface area contributed by atoms with Gasteiger partial charge in [0, 0.05) is 19.6 Å². The van der Waals surface area contributed by atoms with Crippen molar-refractivity contribution in [1.29, 1.82) is 0 Å². The minimum absolute atomic E-state index is 0.102. The number of benzene rings is 1. The number of fused-ring (bicyclic) bond motifs is 1. The maximum absolute atomic E-state index is 12.2. The normalized spacial score (nSPS) is 18.3. The van der Waals surface area contributed by atoms with Crippen molar-refractivity contribution < 1.29 is 19.1 Å². The molecule has 3 N–H and O–H groups in total. The molecule has 0 saturated heterocycles. The highest BCUT2D eigenvalue weighted by Crippen LogP contribution is 2.19. The summed E-state index contributed by atoms with van der Waals surface area (Å²) in [6.07, 6.45) is 0.375. The van der Waals surface area contributed by atoms with Gasteiger partial charge in [0.05, 0.1) is 17.9 Å². The second kappa shape index (κ2) is 7.73. The zero-order valence-electron chi connectivity index (χ0n) is 13.2. The van der Waals surface area contributed by atoms with Crippen molar-refractivity contribution in [2.75, 3.05) is 19.0 Å². The smallest absolute Gasteiger partial charge is 0.254 e. The van der Waals surface area contributed by atoms with Crippen LogP contribution in [0.5, 0.6) is 0 Å². The fourth-order valence-electron chi connectivity index (χ4n) is 2.43. The van der Waals surface area contributed by atoms with Crippen molar-refractivity contribution in [2.45, 2.75) is 31.8 Å². The molecule has 3 amide bonds. The maximum atomic E-state index is 12.2. The molecule has 2 rings (SSSR count). The van der Waals surface area contributed by atoms with Crippen LogP contribution < -0.4 is 16.0 Å². The Morgan fingerprint density at radius 2 is 2.09 bits per heavy atom. The molecule has 2 atom stereocenters. The fraction of sp³-hybridized carbons (Fsp3) is 0.438. The van der Waals surface area contributed by atoms with Crippen molar-refractivity contribution in [3.8, 4) is 0 Å². The third-order valence-electron chi connectivity index (χ3n) is 3.54. The number of hydrogen-bond acceptors (Lipinski definition) is 4. The van der Waals surface area contributed by atoms with Gasteiger partial charge < -0.3 is 20.7 Å². The molecule has 0 radical (unpaired) electrons. The van der Waals surface area contributed by atoms with E-state index in [4.69, 9.17) is 4.74 Å². The number of nitrogens with one attached hydrogen (secondary N) is 3. The van der Waals surface area contributed by atoms with Crippen LogP contribution in [0.1, 0.15) is 30.1 Å². The maximum Gasteiger partial charge on any atom is 0.254 e. The average molecular weight is 319 g/mol. The Labute approximate surface area is 134 Å². The van der Waals surface area contributed by atoms with Gasteiger partial charge in [-0.1, -0.05) is 12.1 Å². The molecule has 124 valence electrons. The Morgan fingerprint density at radius 1 is 1.35 bits per heavy atom. The van der Waals surface area contributed by atoms with Gasteiger partial charge in [-0.25, -0.2) is 0 Å². The first kappa shape index (κ1) is 17.0. The lowest BCUT2D eigenvalue weighted by molar-refractivity contribution is -0.122. The molecule has 0 spiro atoms. The van der Waals surface area contributed by atoms with Gasteiger partial charge in [-0.05, 0) is 25.5 Å². The Morgan fingerprint density at radius 3 is 2.83 bits per heavy atom. The summed E-state index contributed by atoms with van der Waals surface area (Å²) in [6, 6.07) is 5.96. The summed E-state index contributed by atoms with van der Waals surface area (Å²) in [5.41, 5.74) is 0.900. The Balaban J connectivity index is 1.93. The third-order valence-corrected chi connectivity index (χ3v) is 3.54. The highest BCUT2D eigenvalue weighted by atomic mass is 16.5. The number of carbonyl (C=O) groups is 3. The van der Waals surface area contributed by atoms with Crippen LogP contribution in [-0.4, -0.2) is 43.5 Å². The molecule has 23 heavy (non-hydrogen) atoms. The van der Waals surface area contributed by atoms with E-state index in [2.05, 4.69) is 16.0 Å². The second-order valence-electron chi connectivity index (χ2n) is 5.52. The van der Waals surface area contributed by atoms with E-state index in [0.29, 0.717) is 17.9 Å². The van der Waals surface area contributed by atoms with Crippen LogP contribution in [0, 0.1) is 0 Å². The summed E-state index contributed by atoms with van der Waals surface area (Å²) in [7, 11) is 1.56. The van der Waals surface area contributed by atoms with Crippen molar-refractivity contribution in [3.63, 3.8) is 0 Å². The van der Waals surface area contributed by atoms with Crippen LogP contribution >= 0.6 is 0 Å². The van der Waals surface area contributed by atoms with Gasteiger partial charge in [-0.3, -0.25) is 14.4 Å². The van der Waals surface area contributed by atoms with Crippen LogP contribution in [0.4, 0.5) is 5.69 Å². The number of hydrogen-bond donors (Lipinski definition) is 3. The molecule has 1 aliphatic rings. The second-order valence-corrected chi connectivity index (χ2v) is 5.52. The van der Waals surface area contributed by atoms with Gasteiger partial charge >= 0.3 is 0 Å². The van der Waals surface area contributed by atoms with E-state index >= 15 is 0 Å². The van der Waals surface area contributed by atoms with Crippen molar-refractivity contribution in [3.05, 3.63) is 29.8 Å². The predicted octanol–water partition coefficient (Wildman–Crippen LogP) is 0.668.